The molecule has 1 aromatic carbocycles. The third-order valence-corrected chi connectivity index (χ3v) is 5.76. The van der Waals surface area contributed by atoms with Crippen LogP contribution >= 0.6 is 0 Å². The first-order valence-corrected chi connectivity index (χ1v) is 11.4. The summed E-state index contributed by atoms with van der Waals surface area (Å²) in [6.45, 7) is 18.2. The van der Waals surface area contributed by atoms with Crippen molar-refractivity contribution in [3.8, 4) is 5.75 Å². The Balaban J connectivity index is 2.09. The van der Waals surface area contributed by atoms with Crippen molar-refractivity contribution in [3.05, 3.63) is 29.8 Å². The molecule has 2 atom stereocenters. The van der Waals surface area contributed by atoms with Gasteiger partial charge in [0.2, 0.25) is 6.29 Å². The fourth-order valence-corrected chi connectivity index (χ4v) is 4.10. The highest BCUT2D eigenvalue weighted by Gasteiger charge is 2.31. The molecule has 0 aromatic heterocycles. The Bertz CT molecular complexity index is 568. The Morgan fingerprint density at radius 1 is 0.893 bits per heavy atom. The molecule has 2 rings (SSSR count). The highest BCUT2D eigenvalue weighted by molar-refractivity contribution is 5.30. The summed E-state index contributed by atoms with van der Waals surface area (Å²) in [5, 5.41) is 0. The van der Waals surface area contributed by atoms with Crippen LogP contribution in [-0.2, 0) is 4.74 Å². The standard InChI is InChI=1S/C26H44O2/c1-19(2)23(18-25(3,4)5)20-14-16-22(17-15-20)28-24(26(6,7)8)27-21-12-10-9-11-13-21/h14-17,19,21,23-24H,9-13,18H2,1-8H3. The Hall–Kier alpha value is -1.02. The van der Waals surface area contributed by atoms with Gasteiger partial charge in [-0.1, -0.05) is 86.8 Å². The monoisotopic (exact) mass is 388 g/mol. The molecular weight excluding hydrogens is 344 g/mol. The van der Waals surface area contributed by atoms with Crippen LogP contribution in [0.1, 0.15) is 105 Å². The van der Waals surface area contributed by atoms with E-state index in [1.165, 1.54) is 31.2 Å². The van der Waals surface area contributed by atoms with Gasteiger partial charge in [-0.15, -0.1) is 0 Å². The molecule has 1 aliphatic carbocycles. The van der Waals surface area contributed by atoms with Crippen molar-refractivity contribution in [2.45, 2.75) is 112 Å². The normalized spacial score (nSPS) is 18.9. The lowest BCUT2D eigenvalue weighted by molar-refractivity contribution is -0.177. The van der Waals surface area contributed by atoms with Gasteiger partial charge < -0.3 is 9.47 Å². The van der Waals surface area contributed by atoms with Crippen LogP contribution in [-0.4, -0.2) is 12.4 Å². The van der Waals surface area contributed by atoms with E-state index in [4.69, 9.17) is 9.47 Å². The number of rotatable bonds is 7. The van der Waals surface area contributed by atoms with Crippen LogP contribution in [0.15, 0.2) is 24.3 Å². The van der Waals surface area contributed by atoms with Crippen molar-refractivity contribution in [2.75, 3.05) is 0 Å². The smallest absolute Gasteiger partial charge is 0.204 e. The van der Waals surface area contributed by atoms with Gasteiger partial charge in [0.1, 0.15) is 5.75 Å². The topological polar surface area (TPSA) is 18.5 Å². The molecule has 0 saturated heterocycles. The van der Waals surface area contributed by atoms with E-state index in [0.717, 1.165) is 18.6 Å². The van der Waals surface area contributed by atoms with Crippen LogP contribution < -0.4 is 4.74 Å². The first-order valence-electron chi connectivity index (χ1n) is 11.4. The van der Waals surface area contributed by atoms with E-state index in [9.17, 15) is 0 Å². The van der Waals surface area contributed by atoms with Gasteiger partial charge in [-0.05, 0) is 54.2 Å². The van der Waals surface area contributed by atoms with Gasteiger partial charge in [0.15, 0.2) is 0 Å². The van der Waals surface area contributed by atoms with Gasteiger partial charge >= 0.3 is 0 Å². The zero-order valence-corrected chi connectivity index (χ0v) is 19.7. The van der Waals surface area contributed by atoms with E-state index >= 15 is 0 Å². The molecule has 0 heterocycles. The number of hydrogen-bond acceptors (Lipinski definition) is 2. The summed E-state index contributed by atoms with van der Waals surface area (Å²) >= 11 is 0. The molecule has 1 aliphatic rings. The van der Waals surface area contributed by atoms with Crippen LogP contribution in [0, 0.1) is 16.7 Å². The number of benzene rings is 1. The zero-order valence-electron chi connectivity index (χ0n) is 19.7. The number of hydrogen-bond donors (Lipinski definition) is 0. The molecule has 28 heavy (non-hydrogen) atoms. The van der Waals surface area contributed by atoms with Crippen molar-refractivity contribution in [3.63, 3.8) is 0 Å². The second kappa shape index (κ2) is 9.65. The molecule has 0 N–H and O–H groups in total. The maximum atomic E-state index is 6.42. The maximum Gasteiger partial charge on any atom is 0.204 e. The Labute approximate surface area is 174 Å². The summed E-state index contributed by atoms with van der Waals surface area (Å²) in [6.07, 6.45) is 7.55. The Kier molecular flexibility index (Phi) is 8.02. The van der Waals surface area contributed by atoms with Crippen molar-refractivity contribution < 1.29 is 9.47 Å². The average molecular weight is 389 g/mol. The number of ether oxygens (including phenoxy) is 2. The highest BCUT2D eigenvalue weighted by Crippen LogP contribution is 2.37. The van der Waals surface area contributed by atoms with Gasteiger partial charge in [0.25, 0.3) is 0 Å². The molecule has 0 spiro atoms. The minimum Gasteiger partial charge on any atom is -0.464 e. The molecule has 0 bridgehead atoms. The largest absolute Gasteiger partial charge is 0.464 e. The van der Waals surface area contributed by atoms with Gasteiger partial charge in [0.05, 0.1) is 6.10 Å². The summed E-state index contributed by atoms with van der Waals surface area (Å²) in [6, 6.07) is 8.78. The summed E-state index contributed by atoms with van der Waals surface area (Å²) in [5.74, 6) is 2.12. The third-order valence-electron chi connectivity index (χ3n) is 5.76. The lowest BCUT2D eigenvalue weighted by Crippen LogP contribution is -2.38. The molecule has 0 aliphatic heterocycles. The summed E-state index contributed by atoms with van der Waals surface area (Å²) in [5.41, 5.74) is 1.69. The summed E-state index contributed by atoms with van der Waals surface area (Å²) < 4.78 is 12.8. The first-order chi connectivity index (χ1) is 13.0. The molecule has 160 valence electrons. The second-order valence-corrected chi connectivity index (χ2v) is 11.4. The molecule has 2 heteroatoms. The highest BCUT2D eigenvalue weighted by atomic mass is 16.7. The van der Waals surface area contributed by atoms with Crippen LogP contribution in [0.25, 0.3) is 0 Å². The van der Waals surface area contributed by atoms with E-state index in [1.54, 1.807) is 0 Å². The molecule has 1 saturated carbocycles. The minimum absolute atomic E-state index is 0.0528. The van der Waals surface area contributed by atoms with Crippen LogP contribution in [0.3, 0.4) is 0 Å². The van der Waals surface area contributed by atoms with E-state index in [0.29, 0.717) is 23.4 Å². The SMILES string of the molecule is CC(C)C(CC(C)(C)C)c1ccc(OC(OC2CCCCC2)C(C)(C)C)cc1. The van der Waals surface area contributed by atoms with E-state index in [-0.39, 0.29) is 11.7 Å². The average Bonchev–Trinajstić information content (AvgIpc) is 2.59. The molecule has 1 fully saturated rings. The lowest BCUT2D eigenvalue weighted by atomic mass is 9.76. The molecule has 2 nitrogen and oxygen atoms in total. The predicted octanol–water partition coefficient (Wildman–Crippen LogP) is 7.96. The first kappa shape index (κ1) is 23.3. The fourth-order valence-electron chi connectivity index (χ4n) is 4.10. The second-order valence-electron chi connectivity index (χ2n) is 11.4. The predicted molar refractivity (Wildman–Crippen MR) is 120 cm³/mol. The lowest BCUT2D eigenvalue weighted by Gasteiger charge is -2.35. The minimum atomic E-state index is -0.211. The summed E-state index contributed by atoms with van der Waals surface area (Å²) in [7, 11) is 0. The van der Waals surface area contributed by atoms with Crippen LogP contribution in [0.5, 0.6) is 5.75 Å². The zero-order chi connectivity index (χ0) is 20.9. The van der Waals surface area contributed by atoms with Crippen LogP contribution in [0.2, 0.25) is 0 Å². The van der Waals surface area contributed by atoms with E-state index < -0.39 is 0 Å². The van der Waals surface area contributed by atoms with Crippen molar-refractivity contribution in [1.29, 1.82) is 0 Å². The molecule has 0 amide bonds. The van der Waals surface area contributed by atoms with Crippen molar-refractivity contribution in [1.82, 2.24) is 0 Å². The summed E-state index contributed by atoms with van der Waals surface area (Å²) in [4.78, 5) is 0. The third kappa shape index (κ3) is 7.43. The van der Waals surface area contributed by atoms with Gasteiger partial charge in [0, 0.05) is 5.41 Å². The Morgan fingerprint density at radius 2 is 1.46 bits per heavy atom. The van der Waals surface area contributed by atoms with Gasteiger partial charge in [-0.3, -0.25) is 0 Å². The molecule has 2 unspecified atom stereocenters. The van der Waals surface area contributed by atoms with E-state index in [2.05, 4.69) is 79.7 Å². The van der Waals surface area contributed by atoms with Crippen LogP contribution in [0.4, 0.5) is 0 Å². The van der Waals surface area contributed by atoms with Gasteiger partial charge in [-0.25, -0.2) is 0 Å². The maximum absolute atomic E-state index is 6.42. The Morgan fingerprint density at radius 3 is 1.93 bits per heavy atom. The molecule has 0 radical (unpaired) electrons. The quantitative estimate of drug-likeness (QED) is 0.441. The molecule has 1 aromatic rings. The van der Waals surface area contributed by atoms with Gasteiger partial charge in [-0.2, -0.15) is 0 Å². The molecular formula is C26H44O2. The van der Waals surface area contributed by atoms with Crippen molar-refractivity contribution >= 4 is 0 Å². The fraction of sp³-hybridized carbons (Fsp3) is 0.769. The van der Waals surface area contributed by atoms with Crippen molar-refractivity contribution in [2.24, 2.45) is 16.7 Å². The van der Waals surface area contributed by atoms with E-state index in [1.807, 2.05) is 0 Å².